The third kappa shape index (κ3) is 2.60. The van der Waals surface area contributed by atoms with Crippen LogP contribution in [-0.4, -0.2) is 31.5 Å². The van der Waals surface area contributed by atoms with E-state index >= 15 is 0 Å². The van der Waals surface area contributed by atoms with E-state index in [0.29, 0.717) is 23.3 Å². The maximum atomic E-state index is 5.74. The minimum Gasteiger partial charge on any atom is -0.493 e. The van der Waals surface area contributed by atoms with Crippen LogP contribution in [0.2, 0.25) is 0 Å². The number of methoxy groups -OCH3 is 2. The summed E-state index contributed by atoms with van der Waals surface area (Å²) in [5, 5.41) is 11.3. The van der Waals surface area contributed by atoms with E-state index in [9.17, 15) is 0 Å². The molecule has 0 saturated carbocycles. The number of hydrogen-bond acceptors (Lipinski definition) is 6. The summed E-state index contributed by atoms with van der Waals surface area (Å²) >= 11 is 0. The third-order valence-electron chi connectivity index (χ3n) is 3.13. The average Bonchev–Trinajstić information content (AvgIpc) is 2.97. The van der Waals surface area contributed by atoms with Crippen molar-refractivity contribution in [3.8, 4) is 23.0 Å². The Bertz CT molecular complexity index is 565. The highest BCUT2D eigenvalue weighted by molar-refractivity contribution is 5.67. The predicted octanol–water partition coefficient (Wildman–Crippen LogP) is 2.42. The van der Waals surface area contributed by atoms with Gasteiger partial charge in [-0.3, -0.25) is 0 Å². The lowest BCUT2D eigenvalue weighted by molar-refractivity contribution is 0.354. The van der Waals surface area contributed by atoms with Crippen molar-refractivity contribution in [2.45, 2.75) is 19.4 Å². The summed E-state index contributed by atoms with van der Waals surface area (Å²) in [6.45, 7) is 2.05. The van der Waals surface area contributed by atoms with Crippen LogP contribution in [0, 0.1) is 0 Å². The zero-order chi connectivity index (χ0) is 14.5. The van der Waals surface area contributed by atoms with Crippen LogP contribution in [-0.2, 0) is 0 Å². The maximum absolute atomic E-state index is 5.74. The van der Waals surface area contributed by atoms with E-state index in [1.807, 2.05) is 25.2 Å². The van der Waals surface area contributed by atoms with Crippen molar-refractivity contribution < 1.29 is 13.9 Å². The monoisotopic (exact) mass is 277 g/mol. The summed E-state index contributed by atoms with van der Waals surface area (Å²) in [5.41, 5.74) is 0.719. The van der Waals surface area contributed by atoms with Crippen molar-refractivity contribution in [2.75, 3.05) is 21.3 Å². The molecule has 1 aromatic heterocycles. The largest absolute Gasteiger partial charge is 0.493 e. The highest BCUT2D eigenvalue weighted by atomic mass is 16.5. The topological polar surface area (TPSA) is 69.4 Å². The molecule has 1 unspecified atom stereocenters. The molecule has 1 aromatic carbocycles. The van der Waals surface area contributed by atoms with Crippen LogP contribution in [0.1, 0.15) is 25.3 Å². The van der Waals surface area contributed by atoms with Gasteiger partial charge in [-0.15, -0.1) is 10.2 Å². The van der Waals surface area contributed by atoms with Crippen molar-refractivity contribution in [3.63, 3.8) is 0 Å². The van der Waals surface area contributed by atoms with Crippen molar-refractivity contribution in [2.24, 2.45) is 0 Å². The Morgan fingerprint density at radius 3 is 2.65 bits per heavy atom. The van der Waals surface area contributed by atoms with Gasteiger partial charge in [-0.05, 0) is 25.6 Å². The highest BCUT2D eigenvalue weighted by Gasteiger charge is 2.19. The van der Waals surface area contributed by atoms with Gasteiger partial charge >= 0.3 is 0 Å². The first kappa shape index (κ1) is 14.3. The molecule has 0 bridgehead atoms. The van der Waals surface area contributed by atoms with Gasteiger partial charge in [0.05, 0.1) is 25.8 Å². The Labute approximate surface area is 118 Å². The van der Waals surface area contributed by atoms with Gasteiger partial charge in [0.25, 0.3) is 5.89 Å². The zero-order valence-electron chi connectivity index (χ0n) is 12.1. The van der Waals surface area contributed by atoms with Crippen molar-refractivity contribution in [1.29, 1.82) is 0 Å². The molecule has 1 heterocycles. The highest BCUT2D eigenvalue weighted by Crippen LogP contribution is 2.37. The number of benzene rings is 1. The molecule has 6 heteroatoms. The molecule has 0 spiro atoms. The molecule has 6 nitrogen and oxygen atoms in total. The van der Waals surface area contributed by atoms with E-state index in [4.69, 9.17) is 13.9 Å². The molecular formula is C14H19N3O3. The van der Waals surface area contributed by atoms with Gasteiger partial charge in [0.2, 0.25) is 5.89 Å². The number of hydrogen-bond donors (Lipinski definition) is 1. The van der Waals surface area contributed by atoms with Crippen LogP contribution >= 0.6 is 0 Å². The second-order valence-corrected chi connectivity index (χ2v) is 4.24. The maximum Gasteiger partial charge on any atom is 0.251 e. The van der Waals surface area contributed by atoms with Crippen LogP contribution in [0.15, 0.2) is 22.6 Å². The second-order valence-electron chi connectivity index (χ2n) is 4.24. The number of para-hydroxylation sites is 1. The Morgan fingerprint density at radius 1 is 1.25 bits per heavy atom. The molecule has 0 aliphatic rings. The summed E-state index contributed by atoms with van der Waals surface area (Å²) in [6, 6.07) is 5.59. The zero-order valence-corrected chi connectivity index (χ0v) is 12.1. The standard InChI is InChI=1S/C14H19N3O3/c1-5-10(15-2)14-17-16-13(20-14)9-7-6-8-11(18-3)12(9)19-4/h6-8,10,15H,5H2,1-4H3. The lowest BCUT2D eigenvalue weighted by Crippen LogP contribution is -2.15. The molecule has 2 rings (SSSR count). The van der Waals surface area contributed by atoms with Crippen LogP contribution in [0.4, 0.5) is 0 Å². The summed E-state index contributed by atoms with van der Waals surface area (Å²) in [5.74, 6) is 2.20. The van der Waals surface area contributed by atoms with E-state index in [2.05, 4.69) is 22.4 Å². The molecule has 0 aliphatic heterocycles. The number of nitrogens with zero attached hydrogens (tertiary/aromatic N) is 2. The molecule has 20 heavy (non-hydrogen) atoms. The van der Waals surface area contributed by atoms with Crippen LogP contribution < -0.4 is 14.8 Å². The molecule has 108 valence electrons. The lowest BCUT2D eigenvalue weighted by atomic mass is 10.2. The quantitative estimate of drug-likeness (QED) is 0.874. The normalized spacial score (nSPS) is 12.2. The van der Waals surface area contributed by atoms with Gasteiger partial charge in [-0.2, -0.15) is 0 Å². The second kappa shape index (κ2) is 6.38. The predicted molar refractivity (Wildman–Crippen MR) is 74.9 cm³/mol. The molecule has 1 atom stereocenters. The molecule has 2 aromatic rings. The number of rotatable bonds is 6. The number of ether oxygens (including phenoxy) is 2. The average molecular weight is 277 g/mol. The minimum absolute atomic E-state index is 0.0489. The third-order valence-corrected chi connectivity index (χ3v) is 3.13. The van der Waals surface area contributed by atoms with Gasteiger partial charge in [-0.1, -0.05) is 13.0 Å². The van der Waals surface area contributed by atoms with Crippen molar-refractivity contribution in [1.82, 2.24) is 15.5 Å². The fourth-order valence-electron chi connectivity index (χ4n) is 2.04. The first-order valence-corrected chi connectivity index (χ1v) is 6.47. The Hall–Kier alpha value is -2.08. The van der Waals surface area contributed by atoms with Crippen LogP contribution in [0.25, 0.3) is 11.5 Å². The smallest absolute Gasteiger partial charge is 0.251 e. The molecule has 1 N–H and O–H groups in total. The van der Waals surface area contributed by atoms with E-state index < -0.39 is 0 Å². The SMILES string of the molecule is CCC(NC)c1nnc(-c2cccc(OC)c2OC)o1. The van der Waals surface area contributed by atoms with Gasteiger partial charge in [0.15, 0.2) is 11.5 Å². The van der Waals surface area contributed by atoms with E-state index in [1.54, 1.807) is 14.2 Å². The van der Waals surface area contributed by atoms with Crippen LogP contribution in [0.3, 0.4) is 0 Å². The molecule has 0 radical (unpaired) electrons. The van der Waals surface area contributed by atoms with E-state index in [0.717, 1.165) is 12.0 Å². The molecule has 0 saturated heterocycles. The lowest BCUT2D eigenvalue weighted by Gasteiger charge is -2.10. The minimum atomic E-state index is 0.0489. The Balaban J connectivity index is 2.42. The van der Waals surface area contributed by atoms with Gasteiger partial charge in [0.1, 0.15) is 0 Å². The number of nitrogens with one attached hydrogen (secondary N) is 1. The fraction of sp³-hybridized carbons (Fsp3) is 0.429. The van der Waals surface area contributed by atoms with Gasteiger partial charge in [0, 0.05) is 0 Å². The molecular weight excluding hydrogens is 258 g/mol. The van der Waals surface area contributed by atoms with Crippen molar-refractivity contribution >= 4 is 0 Å². The van der Waals surface area contributed by atoms with E-state index in [-0.39, 0.29) is 6.04 Å². The van der Waals surface area contributed by atoms with E-state index in [1.165, 1.54) is 0 Å². The first-order chi connectivity index (χ1) is 9.74. The number of aromatic nitrogens is 2. The Morgan fingerprint density at radius 2 is 2.05 bits per heavy atom. The molecule has 0 amide bonds. The first-order valence-electron chi connectivity index (χ1n) is 6.47. The summed E-state index contributed by atoms with van der Waals surface area (Å²) in [6.07, 6.45) is 0.868. The summed E-state index contributed by atoms with van der Waals surface area (Å²) in [7, 11) is 5.04. The summed E-state index contributed by atoms with van der Waals surface area (Å²) in [4.78, 5) is 0. The summed E-state index contributed by atoms with van der Waals surface area (Å²) < 4.78 is 16.4. The van der Waals surface area contributed by atoms with Crippen LogP contribution in [0.5, 0.6) is 11.5 Å². The van der Waals surface area contributed by atoms with Crippen molar-refractivity contribution in [3.05, 3.63) is 24.1 Å². The molecule has 0 aliphatic carbocycles. The fourth-order valence-corrected chi connectivity index (χ4v) is 2.04. The van der Waals surface area contributed by atoms with Gasteiger partial charge in [-0.25, -0.2) is 0 Å². The van der Waals surface area contributed by atoms with Gasteiger partial charge < -0.3 is 19.2 Å². The molecule has 0 fully saturated rings. The Kier molecular flexibility index (Phi) is 4.57.